The van der Waals surface area contributed by atoms with E-state index in [4.69, 9.17) is 39.8 Å². The molecule has 1 amide bonds. The van der Waals surface area contributed by atoms with Crippen LogP contribution in [0.3, 0.4) is 0 Å². The number of piperidine rings is 1. The highest BCUT2D eigenvalue weighted by atomic mass is 35.5. The number of nitrogens with zero attached hydrogens (tertiary/aromatic N) is 5. The number of carbonyl (C=O) groups is 1. The van der Waals surface area contributed by atoms with Crippen molar-refractivity contribution in [3.05, 3.63) is 84.1 Å². The Balaban J connectivity index is 1.23. The Morgan fingerprint density at radius 2 is 1.77 bits per heavy atom. The maximum absolute atomic E-state index is 13.1. The van der Waals surface area contributed by atoms with Gasteiger partial charge in [-0.2, -0.15) is 18.3 Å². The van der Waals surface area contributed by atoms with E-state index in [1.165, 1.54) is 11.3 Å². The number of rotatable bonds is 5. The number of benzene rings is 1. The third kappa shape index (κ3) is 5.86. The fourth-order valence-corrected chi connectivity index (χ4v) is 6.17. The Labute approximate surface area is 239 Å². The molecule has 0 atom stereocenters. The molecule has 0 aliphatic carbocycles. The maximum Gasteiger partial charge on any atom is 0.417 e. The largest absolute Gasteiger partial charge is 0.417 e. The maximum atomic E-state index is 13.1. The normalized spacial score (nSPS) is 14.7. The highest BCUT2D eigenvalue weighted by Crippen LogP contribution is 2.35. The van der Waals surface area contributed by atoms with Crippen LogP contribution in [0, 0.1) is 0 Å². The number of amides is 1. The number of likely N-dealkylation sites (tertiary alicyclic amines) is 1. The van der Waals surface area contributed by atoms with Crippen molar-refractivity contribution in [3.63, 3.8) is 0 Å². The lowest BCUT2D eigenvalue weighted by Crippen LogP contribution is -2.41. The quantitative estimate of drug-likeness (QED) is 0.255. The highest BCUT2D eigenvalue weighted by Gasteiger charge is 2.33. The lowest BCUT2D eigenvalue weighted by Gasteiger charge is -2.31. The topological polar surface area (TPSA) is 73.0 Å². The first kappa shape index (κ1) is 27.7. The minimum absolute atomic E-state index is 0.103. The molecule has 0 spiro atoms. The molecule has 1 aliphatic heterocycles. The second kappa shape index (κ2) is 11.0. The Hall–Kier alpha value is -2.86. The summed E-state index contributed by atoms with van der Waals surface area (Å²) in [5, 5.41) is 7.76. The van der Waals surface area contributed by atoms with Gasteiger partial charge in [0.25, 0.3) is 5.56 Å². The van der Waals surface area contributed by atoms with Crippen molar-refractivity contribution in [1.29, 1.82) is 0 Å². The van der Waals surface area contributed by atoms with E-state index in [0.717, 1.165) is 5.01 Å². The van der Waals surface area contributed by atoms with Crippen LogP contribution in [0.5, 0.6) is 0 Å². The van der Waals surface area contributed by atoms with Gasteiger partial charge in [0.05, 0.1) is 26.3 Å². The van der Waals surface area contributed by atoms with Gasteiger partial charge in [-0.15, -0.1) is 11.3 Å². The number of hydrogen-bond acceptors (Lipinski definition) is 5. The smallest absolute Gasteiger partial charge is 0.341 e. The molecule has 3 aromatic heterocycles. The molecule has 4 aromatic rings. The number of carbonyl (C=O) groups excluding carboxylic acids is 1. The van der Waals surface area contributed by atoms with E-state index < -0.39 is 34.8 Å². The third-order valence-corrected chi connectivity index (χ3v) is 8.32. The minimum Gasteiger partial charge on any atom is -0.341 e. The van der Waals surface area contributed by atoms with E-state index in [1.807, 2.05) is 5.38 Å². The van der Waals surface area contributed by atoms with E-state index in [-0.39, 0.29) is 5.92 Å². The molecule has 0 saturated carbocycles. The summed E-state index contributed by atoms with van der Waals surface area (Å²) in [6.45, 7) is 0.249. The molecule has 0 N–H and O–H groups in total. The summed E-state index contributed by atoms with van der Waals surface area (Å²) < 4.78 is 41.7. The summed E-state index contributed by atoms with van der Waals surface area (Å²) in [7, 11) is 0. The Morgan fingerprint density at radius 1 is 1.08 bits per heavy atom. The van der Waals surface area contributed by atoms with Crippen molar-refractivity contribution in [1.82, 2.24) is 24.2 Å². The number of pyridine rings is 1. The summed E-state index contributed by atoms with van der Waals surface area (Å²) >= 11 is 19.8. The number of alkyl halides is 3. The Bertz CT molecular complexity index is 1570. The standard InChI is InChI=1S/C25H19Cl3F3N5O2S/c26-16-2-1-3-17(27)22(16)19-6-9-36(33-19)20-13-39-23(32-20)14-4-7-34(8-5-14)21(37)12-35-11-15(25(29,30)31)10-18(28)24(35)38/h1-3,6,9-11,13-14H,4-5,7-8,12H2. The zero-order valence-corrected chi connectivity index (χ0v) is 23.0. The van der Waals surface area contributed by atoms with Gasteiger partial charge in [-0.25, -0.2) is 9.67 Å². The van der Waals surface area contributed by atoms with Gasteiger partial charge in [-0.05, 0) is 37.1 Å². The van der Waals surface area contributed by atoms with E-state index in [2.05, 4.69) is 5.10 Å². The van der Waals surface area contributed by atoms with E-state index in [1.54, 1.807) is 40.0 Å². The molecule has 39 heavy (non-hydrogen) atoms. The van der Waals surface area contributed by atoms with Crippen LogP contribution in [0.15, 0.2) is 52.9 Å². The van der Waals surface area contributed by atoms with Crippen molar-refractivity contribution < 1.29 is 18.0 Å². The molecule has 5 rings (SSSR count). The van der Waals surface area contributed by atoms with Crippen LogP contribution in [0.1, 0.15) is 29.3 Å². The SMILES string of the molecule is O=C(Cn1cc(C(F)(F)F)cc(Cl)c1=O)N1CCC(c2nc(-n3ccc(-c4c(Cl)cccc4Cl)n3)cs2)CC1. The summed E-state index contributed by atoms with van der Waals surface area (Å²) in [6, 6.07) is 7.62. The van der Waals surface area contributed by atoms with Crippen LogP contribution in [0.25, 0.3) is 17.1 Å². The molecule has 0 unspecified atom stereocenters. The Kier molecular flexibility index (Phi) is 7.78. The first-order chi connectivity index (χ1) is 18.5. The molecule has 1 aromatic carbocycles. The molecule has 0 bridgehead atoms. The van der Waals surface area contributed by atoms with Crippen LogP contribution in [0.2, 0.25) is 15.1 Å². The monoisotopic (exact) mass is 615 g/mol. The number of hydrogen-bond donors (Lipinski definition) is 0. The van der Waals surface area contributed by atoms with E-state index in [0.29, 0.717) is 69.9 Å². The van der Waals surface area contributed by atoms with Crippen LogP contribution in [-0.2, 0) is 17.5 Å². The van der Waals surface area contributed by atoms with Gasteiger partial charge >= 0.3 is 6.18 Å². The molecular formula is C25H19Cl3F3N5O2S. The summed E-state index contributed by atoms with van der Waals surface area (Å²) in [5.41, 5.74) is -0.672. The molecule has 1 fully saturated rings. The predicted octanol–water partition coefficient (Wildman–Crippen LogP) is 6.54. The average molecular weight is 617 g/mol. The number of thiazole rings is 1. The van der Waals surface area contributed by atoms with Crippen LogP contribution < -0.4 is 5.56 Å². The second-order valence-electron chi connectivity index (χ2n) is 8.95. The van der Waals surface area contributed by atoms with Gasteiger partial charge in [-0.3, -0.25) is 9.59 Å². The lowest BCUT2D eigenvalue weighted by atomic mass is 9.97. The van der Waals surface area contributed by atoms with Crippen molar-refractivity contribution >= 4 is 52.0 Å². The Morgan fingerprint density at radius 3 is 2.44 bits per heavy atom. The average Bonchev–Trinajstić information content (AvgIpc) is 3.56. The van der Waals surface area contributed by atoms with E-state index in [9.17, 15) is 22.8 Å². The molecule has 1 aliphatic rings. The van der Waals surface area contributed by atoms with Crippen LogP contribution >= 0.6 is 46.1 Å². The van der Waals surface area contributed by atoms with Gasteiger partial charge < -0.3 is 9.47 Å². The van der Waals surface area contributed by atoms with Gasteiger partial charge in [0.1, 0.15) is 11.6 Å². The van der Waals surface area contributed by atoms with Crippen molar-refractivity contribution in [3.8, 4) is 17.1 Å². The van der Waals surface area contributed by atoms with E-state index >= 15 is 0 Å². The first-order valence-electron chi connectivity index (χ1n) is 11.7. The molecule has 14 heteroatoms. The summed E-state index contributed by atoms with van der Waals surface area (Å²) in [6.07, 6.45) is -1.05. The summed E-state index contributed by atoms with van der Waals surface area (Å²) in [4.78, 5) is 31.3. The van der Waals surface area contributed by atoms with Gasteiger partial charge in [-0.1, -0.05) is 40.9 Å². The van der Waals surface area contributed by atoms with Gasteiger partial charge in [0.2, 0.25) is 5.91 Å². The third-order valence-electron chi connectivity index (χ3n) is 6.42. The minimum atomic E-state index is -4.69. The zero-order valence-electron chi connectivity index (χ0n) is 20.0. The molecule has 204 valence electrons. The molecule has 4 heterocycles. The number of aromatic nitrogens is 4. The molecule has 0 radical (unpaired) electrons. The predicted molar refractivity (Wildman–Crippen MR) is 144 cm³/mol. The molecular weight excluding hydrogens is 598 g/mol. The highest BCUT2D eigenvalue weighted by molar-refractivity contribution is 7.10. The molecule has 1 saturated heterocycles. The van der Waals surface area contributed by atoms with Crippen LogP contribution in [-0.4, -0.2) is 43.2 Å². The first-order valence-corrected chi connectivity index (χ1v) is 13.7. The summed E-state index contributed by atoms with van der Waals surface area (Å²) in [5.74, 6) is 0.295. The zero-order chi connectivity index (χ0) is 27.9. The fraction of sp³-hybridized carbons (Fsp3) is 0.280. The van der Waals surface area contributed by atoms with Crippen LogP contribution in [0.4, 0.5) is 13.2 Å². The second-order valence-corrected chi connectivity index (χ2v) is 11.1. The number of halogens is 6. The van der Waals surface area contributed by atoms with Gasteiger partial charge in [0.15, 0.2) is 5.82 Å². The van der Waals surface area contributed by atoms with Crippen molar-refractivity contribution in [2.24, 2.45) is 0 Å². The van der Waals surface area contributed by atoms with Gasteiger partial charge in [0, 0.05) is 42.3 Å². The fourth-order valence-electron chi connectivity index (χ4n) is 4.39. The van der Waals surface area contributed by atoms with Crippen molar-refractivity contribution in [2.45, 2.75) is 31.5 Å². The molecule has 7 nitrogen and oxygen atoms in total. The lowest BCUT2D eigenvalue weighted by molar-refractivity contribution is -0.139. The van der Waals surface area contributed by atoms with Crippen molar-refractivity contribution in [2.75, 3.05) is 13.1 Å².